The molecule has 4 atom stereocenters. The molecule has 4 unspecified atom stereocenters. The Hall–Kier alpha value is -3.91. The number of hydrogen-bond acceptors (Lipinski definition) is 8. The van der Waals surface area contributed by atoms with E-state index in [1.807, 2.05) is 6.26 Å². The molecule has 1 aromatic heterocycles. The second-order valence-electron chi connectivity index (χ2n) is 8.89. The van der Waals surface area contributed by atoms with Gasteiger partial charge in [0, 0.05) is 31.2 Å². The van der Waals surface area contributed by atoms with Crippen LogP contribution in [0.4, 0.5) is 0 Å². The number of benzene rings is 1. The number of aliphatic carboxylic acids is 1. The van der Waals surface area contributed by atoms with Crippen LogP contribution in [-0.2, 0) is 36.8 Å². The van der Waals surface area contributed by atoms with Crippen molar-refractivity contribution in [2.45, 2.75) is 56.3 Å². The van der Waals surface area contributed by atoms with Crippen molar-refractivity contribution in [3.05, 3.63) is 54.1 Å². The molecule has 39 heavy (non-hydrogen) atoms. The summed E-state index contributed by atoms with van der Waals surface area (Å²) in [6.45, 7) is 0. The molecule has 0 saturated heterocycles. The third-order valence-corrected chi connectivity index (χ3v) is 6.43. The molecule has 9 N–H and O–H groups in total. The number of nitrogens with one attached hydrogen (secondary N) is 4. The van der Waals surface area contributed by atoms with Gasteiger partial charge in [-0.1, -0.05) is 30.3 Å². The highest BCUT2D eigenvalue weighted by Crippen LogP contribution is 2.08. The smallest absolute Gasteiger partial charge is 0.326 e. The average Bonchev–Trinajstić information content (AvgIpc) is 3.41. The molecule has 0 radical (unpaired) electrons. The second kappa shape index (κ2) is 16.1. The molecule has 14 heteroatoms. The van der Waals surface area contributed by atoms with Gasteiger partial charge in [-0.05, 0) is 30.4 Å². The lowest BCUT2D eigenvalue weighted by Gasteiger charge is -2.25. The molecule has 0 aliphatic heterocycles. The minimum atomic E-state index is -1.23. The zero-order valence-corrected chi connectivity index (χ0v) is 22.4. The number of carboxylic acids is 1. The maximum absolute atomic E-state index is 13.3. The molecule has 2 rings (SSSR count). The van der Waals surface area contributed by atoms with Gasteiger partial charge in [0.15, 0.2) is 0 Å². The molecule has 4 amide bonds. The zero-order valence-electron chi connectivity index (χ0n) is 21.6. The molecule has 13 nitrogen and oxygen atoms in total. The largest absolute Gasteiger partial charge is 0.480 e. The summed E-state index contributed by atoms with van der Waals surface area (Å²) in [4.78, 5) is 69.0. The number of imidazole rings is 1. The number of hydrogen-bond donors (Lipinski definition) is 7. The Labute approximate surface area is 230 Å². The molecule has 0 aliphatic rings. The first kappa shape index (κ1) is 31.3. The van der Waals surface area contributed by atoms with E-state index in [1.165, 1.54) is 24.3 Å². The molecular formula is C25H35N7O6S. The Kier molecular flexibility index (Phi) is 13.0. The molecule has 0 spiro atoms. The van der Waals surface area contributed by atoms with Gasteiger partial charge in [0.2, 0.25) is 23.6 Å². The third kappa shape index (κ3) is 11.2. The fourth-order valence-electron chi connectivity index (χ4n) is 3.66. The Morgan fingerprint density at radius 2 is 1.59 bits per heavy atom. The van der Waals surface area contributed by atoms with E-state index < -0.39 is 53.8 Å². The van der Waals surface area contributed by atoms with E-state index in [0.717, 1.165) is 0 Å². The van der Waals surface area contributed by atoms with Gasteiger partial charge in [0.1, 0.15) is 18.1 Å². The second-order valence-corrected chi connectivity index (χ2v) is 9.87. The van der Waals surface area contributed by atoms with Crippen LogP contribution in [0.25, 0.3) is 0 Å². The van der Waals surface area contributed by atoms with Crippen LogP contribution in [0.2, 0.25) is 0 Å². The van der Waals surface area contributed by atoms with Crippen LogP contribution in [0.3, 0.4) is 0 Å². The summed E-state index contributed by atoms with van der Waals surface area (Å²) < 4.78 is 0. The molecule has 2 aromatic rings. The summed E-state index contributed by atoms with van der Waals surface area (Å²) in [5.41, 5.74) is 12.6. The van der Waals surface area contributed by atoms with Crippen molar-refractivity contribution in [3.8, 4) is 0 Å². The predicted molar refractivity (Wildman–Crippen MR) is 145 cm³/mol. The number of carboxylic acid groups (broad SMARTS) is 1. The molecule has 0 bridgehead atoms. The summed E-state index contributed by atoms with van der Waals surface area (Å²) in [7, 11) is 0. The number of H-pyrrole nitrogens is 1. The average molecular weight is 562 g/mol. The van der Waals surface area contributed by atoms with Crippen molar-refractivity contribution in [3.63, 3.8) is 0 Å². The third-order valence-electron chi connectivity index (χ3n) is 5.78. The van der Waals surface area contributed by atoms with Gasteiger partial charge in [-0.2, -0.15) is 11.8 Å². The monoisotopic (exact) mass is 561 g/mol. The number of aromatic nitrogens is 2. The van der Waals surface area contributed by atoms with Crippen molar-refractivity contribution < 1.29 is 29.1 Å². The molecule has 1 aromatic carbocycles. The van der Waals surface area contributed by atoms with Crippen LogP contribution in [0.15, 0.2) is 42.9 Å². The Bertz CT molecular complexity index is 1100. The number of nitrogens with zero attached hydrogens (tertiary/aromatic N) is 1. The molecule has 0 aliphatic carbocycles. The quantitative estimate of drug-likeness (QED) is 0.127. The van der Waals surface area contributed by atoms with Crippen molar-refractivity contribution in [2.24, 2.45) is 11.5 Å². The number of thioether (sulfide) groups is 1. The Morgan fingerprint density at radius 3 is 2.18 bits per heavy atom. The highest BCUT2D eigenvalue weighted by Gasteiger charge is 2.30. The maximum atomic E-state index is 13.3. The van der Waals surface area contributed by atoms with E-state index in [0.29, 0.717) is 17.0 Å². The topological polar surface area (TPSA) is 222 Å². The van der Waals surface area contributed by atoms with Crippen LogP contribution < -0.4 is 27.4 Å². The lowest BCUT2D eigenvalue weighted by Crippen LogP contribution is -2.58. The molecule has 212 valence electrons. The number of nitrogens with two attached hydrogens (primary N) is 2. The summed E-state index contributed by atoms with van der Waals surface area (Å²) in [6, 6.07) is 4.28. The molecule has 0 saturated carbocycles. The fourth-order valence-corrected chi connectivity index (χ4v) is 4.13. The predicted octanol–water partition coefficient (Wildman–Crippen LogP) is -0.920. The van der Waals surface area contributed by atoms with Crippen molar-refractivity contribution >= 4 is 41.4 Å². The van der Waals surface area contributed by atoms with Crippen LogP contribution in [0.5, 0.6) is 0 Å². The zero-order chi connectivity index (χ0) is 28.8. The van der Waals surface area contributed by atoms with Crippen LogP contribution >= 0.6 is 11.8 Å². The van der Waals surface area contributed by atoms with Gasteiger partial charge in [-0.3, -0.25) is 19.2 Å². The van der Waals surface area contributed by atoms with Crippen molar-refractivity contribution in [1.82, 2.24) is 25.9 Å². The highest BCUT2D eigenvalue weighted by molar-refractivity contribution is 7.98. The van der Waals surface area contributed by atoms with Gasteiger partial charge >= 0.3 is 5.97 Å². The SMILES string of the molecule is CSCCC(NC(=O)C(Cc1ccccc1)NC(=O)C(CCC(N)=O)NC(=O)C(N)Cc1cnc[nH]1)C(=O)O. The van der Waals surface area contributed by atoms with Gasteiger partial charge in [0.25, 0.3) is 0 Å². The number of carbonyl (C=O) groups excluding carboxylic acids is 4. The Balaban J connectivity index is 2.20. The number of rotatable bonds is 17. The Morgan fingerprint density at radius 1 is 0.949 bits per heavy atom. The lowest BCUT2D eigenvalue weighted by molar-refractivity contribution is -0.142. The van der Waals surface area contributed by atoms with Crippen molar-refractivity contribution in [1.29, 1.82) is 0 Å². The summed E-state index contributed by atoms with van der Waals surface area (Å²) in [6.07, 6.45) is 4.82. The molecular weight excluding hydrogens is 526 g/mol. The van der Waals surface area contributed by atoms with Gasteiger partial charge in [-0.25, -0.2) is 9.78 Å². The first-order valence-corrected chi connectivity index (χ1v) is 13.7. The van der Waals surface area contributed by atoms with Crippen LogP contribution in [0.1, 0.15) is 30.5 Å². The van der Waals surface area contributed by atoms with E-state index >= 15 is 0 Å². The highest BCUT2D eigenvalue weighted by atomic mass is 32.2. The van der Waals surface area contributed by atoms with Crippen LogP contribution in [0, 0.1) is 0 Å². The van der Waals surface area contributed by atoms with E-state index in [1.54, 1.807) is 30.3 Å². The van der Waals surface area contributed by atoms with Crippen LogP contribution in [-0.4, -0.2) is 80.8 Å². The maximum Gasteiger partial charge on any atom is 0.326 e. The molecule has 0 fully saturated rings. The standard InChI is InChI=1S/C25H35N7O6S/c1-39-10-9-19(25(37)38)31-24(36)20(11-15-5-3-2-4-6-15)32-23(35)18(7-8-21(27)33)30-22(34)17(26)12-16-13-28-14-29-16/h2-6,13-14,17-20H,7-12,26H2,1H3,(H2,27,33)(H,28,29)(H,30,34)(H,31,36)(H,32,35)(H,37,38). The first-order chi connectivity index (χ1) is 18.6. The summed E-state index contributed by atoms with van der Waals surface area (Å²) in [5.74, 6) is -3.46. The minimum absolute atomic E-state index is 0.0586. The number of carbonyl (C=O) groups is 5. The minimum Gasteiger partial charge on any atom is -0.480 e. The van der Waals surface area contributed by atoms with E-state index in [2.05, 4.69) is 25.9 Å². The van der Waals surface area contributed by atoms with E-state index in [4.69, 9.17) is 11.5 Å². The number of aromatic amines is 1. The summed E-state index contributed by atoms with van der Waals surface area (Å²) in [5, 5.41) is 17.2. The van der Waals surface area contributed by atoms with Gasteiger partial charge < -0.3 is 37.5 Å². The van der Waals surface area contributed by atoms with E-state index in [-0.39, 0.29) is 32.1 Å². The van der Waals surface area contributed by atoms with Crippen molar-refractivity contribution in [2.75, 3.05) is 12.0 Å². The first-order valence-electron chi connectivity index (χ1n) is 12.3. The fraction of sp³-hybridized carbons (Fsp3) is 0.440. The normalized spacial score (nSPS) is 13.9. The van der Waals surface area contributed by atoms with Gasteiger partial charge in [0.05, 0.1) is 12.4 Å². The summed E-state index contributed by atoms with van der Waals surface area (Å²) >= 11 is 1.44. The van der Waals surface area contributed by atoms with Gasteiger partial charge in [-0.15, -0.1) is 0 Å². The molecule has 1 heterocycles. The van der Waals surface area contributed by atoms with E-state index in [9.17, 15) is 29.1 Å². The number of amides is 4. The number of primary amides is 1. The lowest BCUT2D eigenvalue weighted by atomic mass is 10.0.